The van der Waals surface area contributed by atoms with Crippen molar-refractivity contribution >= 4 is 11.8 Å². The van der Waals surface area contributed by atoms with E-state index < -0.39 is 6.04 Å². The first-order valence-electron chi connectivity index (χ1n) is 3.84. The number of likely N-dealkylation sites (N-methyl/N-ethyl adjacent to an activating group) is 1. The second-order valence-corrected chi connectivity index (χ2v) is 2.60. The first-order chi connectivity index (χ1) is 5.66. The van der Waals surface area contributed by atoms with Gasteiger partial charge in [0.2, 0.25) is 11.8 Å². The van der Waals surface area contributed by atoms with Gasteiger partial charge in [0.1, 0.15) is 6.04 Å². The van der Waals surface area contributed by atoms with Gasteiger partial charge in [0.15, 0.2) is 0 Å². The van der Waals surface area contributed by atoms with Crippen molar-refractivity contribution < 1.29 is 14.4 Å². The summed E-state index contributed by atoms with van der Waals surface area (Å²) in [4.78, 5) is 28.1. The van der Waals surface area contributed by atoms with Crippen molar-refractivity contribution in [3.05, 3.63) is 0 Å². The first kappa shape index (κ1) is 9.15. The summed E-state index contributed by atoms with van der Waals surface area (Å²) in [7, 11) is 1.47. The highest BCUT2D eigenvalue weighted by molar-refractivity contribution is 6.05. The Balaban J connectivity index is 2.47. The molecule has 0 aromatic rings. The second-order valence-electron chi connectivity index (χ2n) is 2.60. The van der Waals surface area contributed by atoms with Crippen molar-refractivity contribution in [1.29, 1.82) is 0 Å². The van der Waals surface area contributed by atoms with Gasteiger partial charge in [-0.25, -0.2) is 0 Å². The number of likely N-dealkylation sites (tertiary alicyclic amines) is 1. The summed E-state index contributed by atoms with van der Waals surface area (Å²) in [5.74, 6) is -0.398. The van der Waals surface area contributed by atoms with E-state index in [4.69, 9.17) is 4.84 Å². The molecule has 5 nitrogen and oxygen atoms in total. The molecule has 2 amide bonds. The fraction of sp³-hybridized carbons (Fsp3) is 0.714. The van der Waals surface area contributed by atoms with Crippen LogP contribution in [0.3, 0.4) is 0 Å². The fourth-order valence-corrected chi connectivity index (χ4v) is 1.03. The summed E-state index contributed by atoms with van der Waals surface area (Å²) in [5.41, 5.74) is 2.53. The lowest BCUT2D eigenvalue weighted by Crippen LogP contribution is -2.37. The van der Waals surface area contributed by atoms with Crippen LogP contribution < -0.4 is 5.48 Å². The average Bonchev–Trinajstić information content (AvgIpc) is 2.30. The highest BCUT2D eigenvalue weighted by Crippen LogP contribution is 2.09. The van der Waals surface area contributed by atoms with Crippen molar-refractivity contribution in [2.24, 2.45) is 0 Å². The smallest absolute Gasteiger partial charge is 0.248 e. The number of amides is 2. The molecule has 68 valence electrons. The molecule has 1 saturated heterocycles. The molecule has 1 atom stereocenters. The lowest BCUT2D eigenvalue weighted by molar-refractivity contribution is -0.138. The van der Waals surface area contributed by atoms with Crippen LogP contribution in [0.25, 0.3) is 0 Å². The molecule has 0 aromatic heterocycles. The zero-order valence-electron chi connectivity index (χ0n) is 7.16. The molecular weight excluding hydrogens is 160 g/mol. The Morgan fingerprint density at radius 1 is 1.67 bits per heavy atom. The molecule has 0 saturated carbocycles. The maximum Gasteiger partial charge on any atom is 0.248 e. The molecule has 5 heteroatoms. The van der Waals surface area contributed by atoms with Crippen LogP contribution in [0.15, 0.2) is 0 Å². The van der Waals surface area contributed by atoms with E-state index in [9.17, 15) is 9.59 Å². The topological polar surface area (TPSA) is 58.6 Å². The lowest BCUT2D eigenvalue weighted by Gasteiger charge is -2.09. The van der Waals surface area contributed by atoms with Crippen LogP contribution in [0.5, 0.6) is 0 Å². The molecule has 0 bridgehead atoms. The minimum Gasteiger partial charge on any atom is -0.301 e. The minimum absolute atomic E-state index is 0.169. The molecule has 1 rings (SSSR count). The number of nitrogens with zero attached hydrogens (tertiary/aromatic N) is 1. The molecule has 1 fully saturated rings. The number of carbonyl (C=O) groups excluding carboxylic acids is 2. The number of carbonyl (C=O) groups is 2. The van der Waals surface area contributed by atoms with E-state index in [1.807, 2.05) is 0 Å². The van der Waals surface area contributed by atoms with E-state index >= 15 is 0 Å². The van der Waals surface area contributed by atoms with Crippen molar-refractivity contribution in [2.45, 2.75) is 19.4 Å². The van der Waals surface area contributed by atoms with Crippen molar-refractivity contribution in [3.8, 4) is 0 Å². The number of hydroxylamine groups is 1. The second kappa shape index (κ2) is 3.64. The summed E-state index contributed by atoms with van der Waals surface area (Å²) in [6, 6.07) is -0.498. The third-order valence-electron chi connectivity index (χ3n) is 1.75. The van der Waals surface area contributed by atoms with E-state index in [-0.39, 0.29) is 18.2 Å². The number of imide groups is 1. The standard InChI is InChI=1S/C7H12N2O3/c1-3-12-8-5-4-6(10)9(2)7(5)11/h5,8H,3-4H2,1-2H3. The Bertz CT molecular complexity index is 205. The third-order valence-corrected chi connectivity index (χ3v) is 1.75. The SMILES string of the molecule is CCONC1CC(=O)N(C)C1=O. The summed E-state index contributed by atoms with van der Waals surface area (Å²) in [6.07, 6.45) is 0.190. The van der Waals surface area contributed by atoms with Gasteiger partial charge in [0.25, 0.3) is 0 Å². The monoisotopic (exact) mass is 172 g/mol. The molecule has 1 unspecified atom stereocenters. The number of nitrogens with one attached hydrogen (secondary N) is 1. The lowest BCUT2D eigenvalue weighted by atomic mass is 10.3. The maximum absolute atomic E-state index is 11.2. The summed E-state index contributed by atoms with van der Waals surface area (Å²) in [5, 5.41) is 0. The molecule has 0 radical (unpaired) electrons. The van der Waals surface area contributed by atoms with E-state index in [1.54, 1.807) is 6.92 Å². The van der Waals surface area contributed by atoms with Gasteiger partial charge in [-0.3, -0.25) is 14.5 Å². The predicted molar refractivity (Wildman–Crippen MR) is 40.9 cm³/mol. The van der Waals surface area contributed by atoms with Crippen molar-refractivity contribution in [1.82, 2.24) is 10.4 Å². The Hall–Kier alpha value is -0.940. The van der Waals surface area contributed by atoms with Gasteiger partial charge in [-0.2, -0.15) is 5.48 Å². The Morgan fingerprint density at radius 2 is 2.33 bits per heavy atom. The van der Waals surface area contributed by atoms with Gasteiger partial charge in [-0.05, 0) is 6.92 Å². The highest BCUT2D eigenvalue weighted by atomic mass is 16.6. The van der Waals surface area contributed by atoms with Crippen LogP contribution >= 0.6 is 0 Å². The maximum atomic E-state index is 11.2. The molecule has 0 spiro atoms. The van der Waals surface area contributed by atoms with Gasteiger partial charge >= 0.3 is 0 Å². The van der Waals surface area contributed by atoms with Crippen LogP contribution in [0.2, 0.25) is 0 Å². The first-order valence-corrected chi connectivity index (χ1v) is 3.84. The van der Waals surface area contributed by atoms with E-state index in [0.717, 1.165) is 4.90 Å². The van der Waals surface area contributed by atoms with E-state index in [0.29, 0.717) is 6.61 Å². The summed E-state index contributed by atoms with van der Waals surface area (Å²) < 4.78 is 0. The van der Waals surface area contributed by atoms with Crippen LogP contribution in [0, 0.1) is 0 Å². The van der Waals surface area contributed by atoms with Crippen LogP contribution in [-0.2, 0) is 14.4 Å². The normalized spacial score (nSPS) is 23.8. The molecule has 12 heavy (non-hydrogen) atoms. The Morgan fingerprint density at radius 3 is 2.75 bits per heavy atom. The Labute approximate surface area is 70.6 Å². The number of hydrogen-bond acceptors (Lipinski definition) is 4. The minimum atomic E-state index is -0.498. The molecule has 0 aliphatic carbocycles. The molecular formula is C7H12N2O3. The van der Waals surface area contributed by atoms with Gasteiger partial charge in [0, 0.05) is 7.05 Å². The zero-order valence-corrected chi connectivity index (χ0v) is 7.16. The van der Waals surface area contributed by atoms with Gasteiger partial charge in [0.05, 0.1) is 13.0 Å². The van der Waals surface area contributed by atoms with Gasteiger partial charge in [-0.1, -0.05) is 0 Å². The highest BCUT2D eigenvalue weighted by Gasteiger charge is 2.35. The number of rotatable bonds is 3. The molecule has 1 aliphatic heterocycles. The molecule has 1 aliphatic rings. The van der Waals surface area contributed by atoms with Crippen molar-refractivity contribution in [2.75, 3.05) is 13.7 Å². The van der Waals surface area contributed by atoms with Crippen molar-refractivity contribution in [3.63, 3.8) is 0 Å². The quantitative estimate of drug-likeness (QED) is 0.451. The van der Waals surface area contributed by atoms with Crippen LogP contribution in [0.1, 0.15) is 13.3 Å². The van der Waals surface area contributed by atoms with E-state index in [1.165, 1.54) is 7.05 Å². The largest absolute Gasteiger partial charge is 0.301 e. The average molecular weight is 172 g/mol. The fourth-order valence-electron chi connectivity index (χ4n) is 1.03. The Kier molecular flexibility index (Phi) is 2.78. The van der Waals surface area contributed by atoms with Gasteiger partial charge < -0.3 is 4.84 Å². The summed E-state index contributed by atoms with van der Waals surface area (Å²) >= 11 is 0. The molecule has 1 N–H and O–H groups in total. The number of hydrogen-bond donors (Lipinski definition) is 1. The molecule has 1 heterocycles. The van der Waals surface area contributed by atoms with Crippen LogP contribution in [-0.4, -0.2) is 36.4 Å². The van der Waals surface area contributed by atoms with E-state index in [2.05, 4.69) is 5.48 Å². The zero-order chi connectivity index (χ0) is 9.14. The predicted octanol–water partition coefficient (Wildman–Crippen LogP) is -0.715. The molecule has 0 aromatic carbocycles. The third kappa shape index (κ3) is 1.62. The summed E-state index contributed by atoms with van der Waals surface area (Å²) in [6.45, 7) is 2.28. The van der Waals surface area contributed by atoms with Crippen LogP contribution in [0.4, 0.5) is 0 Å². The van der Waals surface area contributed by atoms with Gasteiger partial charge in [-0.15, -0.1) is 0 Å².